The number of fused-ring (bicyclic) bond motifs is 1. The molecule has 4 nitrogen and oxygen atoms in total. The number of benzene rings is 1. The zero-order valence-corrected chi connectivity index (χ0v) is 9.44. The maximum atomic E-state index is 5.90. The van der Waals surface area contributed by atoms with E-state index in [-0.39, 0.29) is 0 Å². The van der Waals surface area contributed by atoms with Crippen molar-refractivity contribution in [1.29, 1.82) is 0 Å². The molecule has 0 bridgehead atoms. The first-order chi connectivity index (χ1) is 8.24. The van der Waals surface area contributed by atoms with Gasteiger partial charge in [-0.2, -0.15) is 0 Å². The molecule has 0 atom stereocenters. The molecule has 0 spiro atoms. The van der Waals surface area contributed by atoms with E-state index in [1.165, 1.54) is 5.56 Å². The molecule has 3 rings (SSSR count). The number of hydrogen-bond donors (Lipinski definition) is 2. The Labute approximate surface area is 98.5 Å². The van der Waals surface area contributed by atoms with Gasteiger partial charge in [0.05, 0.1) is 5.39 Å². The highest BCUT2D eigenvalue weighted by atomic mass is 15.0. The van der Waals surface area contributed by atoms with Crippen LogP contribution in [0.15, 0.2) is 36.5 Å². The third-order valence-corrected chi connectivity index (χ3v) is 2.75. The van der Waals surface area contributed by atoms with E-state index < -0.39 is 0 Å². The fourth-order valence-electron chi connectivity index (χ4n) is 1.80. The molecule has 0 aliphatic rings. The lowest BCUT2D eigenvalue weighted by atomic mass is 10.1. The van der Waals surface area contributed by atoms with Crippen molar-refractivity contribution in [3.8, 4) is 11.4 Å². The minimum absolute atomic E-state index is 0.506. The standard InChI is InChI=1S/C13H12N4/c1-8-2-4-9(5-3-8)12-16-11(14)10-6-7-15-13(10)17-12/h2-7H,1H3,(H3,14,15,16,17). The number of aromatic nitrogens is 3. The van der Waals surface area contributed by atoms with Crippen LogP contribution < -0.4 is 5.73 Å². The number of nitrogens with one attached hydrogen (secondary N) is 1. The van der Waals surface area contributed by atoms with E-state index in [0.717, 1.165) is 16.6 Å². The molecule has 4 heteroatoms. The van der Waals surface area contributed by atoms with Gasteiger partial charge in [-0.3, -0.25) is 0 Å². The van der Waals surface area contributed by atoms with Crippen molar-refractivity contribution in [1.82, 2.24) is 15.0 Å². The summed E-state index contributed by atoms with van der Waals surface area (Å²) < 4.78 is 0. The van der Waals surface area contributed by atoms with Gasteiger partial charge in [0, 0.05) is 11.8 Å². The Hall–Kier alpha value is -2.36. The van der Waals surface area contributed by atoms with Crippen molar-refractivity contribution in [2.75, 3.05) is 5.73 Å². The minimum Gasteiger partial charge on any atom is -0.383 e. The van der Waals surface area contributed by atoms with Crippen LogP contribution in [0.1, 0.15) is 5.56 Å². The highest BCUT2D eigenvalue weighted by molar-refractivity contribution is 5.87. The Morgan fingerprint density at radius 3 is 2.59 bits per heavy atom. The predicted molar refractivity (Wildman–Crippen MR) is 68.5 cm³/mol. The number of anilines is 1. The SMILES string of the molecule is Cc1ccc(-c2nc(N)c3cc[nH]c3n2)cc1. The van der Waals surface area contributed by atoms with Crippen molar-refractivity contribution < 1.29 is 0 Å². The first kappa shape index (κ1) is 9.84. The Morgan fingerprint density at radius 2 is 1.82 bits per heavy atom. The largest absolute Gasteiger partial charge is 0.383 e. The molecular formula is C13H12N4. The van der Waals surface area contributed by atoms with Gasteiger partial charge in [-0.1, -0.05) is 29.8 Å². The molecule has 2 heterocycles. The third-order valence-electron chi connectivity index (χ3n) is 2.75. The summed E-state index contributed by atoms with van der Waals surface area (Å²) in [6.07, 6.45) is 1.81. The van der Waals surface area contributed by atoms with Gasteiger partial charge < -0.3 is 10.7 Å². The van der Waals surface area contributed by atoms with Crippen LogP contribution in [0, 0.1) is 6.92 Å². The molecule has 3 N–H and O–H groups in total. The molecule has 0 saturated carbocycles. The predicted octanol–water partition coefficient (Wildman–Crippen LogP) is 2.52. The van der Waals surface area contributed by atoms with E-state index in [1.54, 1.807) is 0 Å². The topological polar surface area (TPSA) is 67.6 Å². The fourth-order valence-corrected chi connectivity index (χ4v) is 1.80. The second-order valence-electron chi connectivity index (χ2n) is 4.04. The van der Waals surface area contributed by atoms with Gasteiger partial charge in [0.25, 0.3) is 0 Å². The van der Waals surface area contributed by atoms with Crippen LogP contribution in [-0.2, 0) is 0 Å². The summed E-state index contributed by atoms with van der Waals surface area (Å²) >= 11 is 0. The van der Waals surface area contributed by atoms with E-state index in [1.807, 2.05) is 43.5 Å². The smallest absolute Gasteiger partial charge is 0.163 e. The normalized spacial score (nSPS) is 10.9. The maximum absolute atomic E-state index is 5.90. The molecule has 0 aliphatic carbocycles. The zero-order chi connectivity index (χ0) is 11.8. The minimum atomic E-state index is 0.506. The number of H-pyrrole nitrogens is 1. The van der Waals surface area contributed by atoms with Gasteiger partial charge in [-0.15, -0.1) is 0 Å². The highest BCUT2D eigenvalue weighted by Gasteiger charge is 2.07. The molecule has 0 radical (unpaired) electrons. The van der Waals surface area contributed by atoms with Crippen LogP contribution in [-0.4, -0.2) is 15.0 Å². The number of nitrogens with zero attached hydrogens (tertiary/aromatic N) is 2. The van der Waals surface area contributed by atoms with Crippen LogP contribution in [0.4, 0.5) is 5.82 Å². The van der Waals surface area contributed by atoms with E-state index in [9.17, 15) is 0 Å². The molecule has 3 aromatic rings. The summed E-state index contributed by atoms with van der Waals surface area (Å²) in [6.45, 7) is 2.05. The first-order valence-corrected chi connectivity index (χ1v) is 5.42. The van der Waals surface area contributed by atoms with E-state index in [4.69, 9.17) is 5.73 Å². The monoisotopic (exact) mass is 224 g/mol. The fraction of sp³-hybridized carbons (Fsp3) is 0.0769. The van der Waals surface area contributed by atoms with Crippen LogP contribution >= 0.6 is 0 Å². The average Bonchev–Trinajstić information content (AvgIpc) is 2.78. The summed E-state index contributed by atoms with van der Waals surface area (Å²) in [5.74, 6) is 1.16. The Morgan fingerprint density at radius 1 is 1.06 bits per heavy atom. The summed E-state index contributed by atoms with van der Waals surface area (Å²) in [6, 6.07) is 9.95. The average molecular weight is 224 g/mol. The molecule has 0 saturated heterocycles. The third kappa shape index (κ3) is 1.63. The number of aromatic amines is 1. The molecule has 84 valence electrons. The van der Waals surface area contributed by atoms with Gasteiger partial charge in [0.15, 0.2) is 5.82 Å². The quantitative estimate of drug-likeness (QED) is 0.667. The second kappa shape index (κ2) is 3.59. The molecule has 0 amide bonds. The Bertz CT molecular complexity index is 667. The number of rotatable bonds is 1. The first-order valence-electron chi connectivity index (χ1n) is 5.42. The lowest BCUT2D eigenvalue weighted by Gasteiger charge is -2.03. The molecule has 1 aromatic carbocycles. The molecule has 2 aromatic heterocycles. The van der Waals surface area contributed by atoms with Crippen molar-refractivity contribution in [2.24, 2.45) is 0 Å². The summed E-state index contributed by atoms with van der Waals surface area (Å²) in [5, 5.41) is 0.862. The van der Waals surface area contributed by atoms with Crippen molar-refractivity contribution >= 4 is 16.9 Å². The lowest BCUT2D eigenvalue weighted by molar-refractivity contribution is 1.21. The van der Waals surface area contributed by atoms with E-state index in [2.05, 4.69) is 15.0 Å². The van der Waals surface area contributed by atoms with Gasteiger partial charge in [0.1, 0.15) is 11.5 Å². The van der Waals surface area contributed by atoms with Gasteiger partial charge in [-0.25, -0.2) is 9.97 Å². The molecule has 0 unspecified atom stereocenters. The number of nitrogens with two attached hydrogens (primary N) is 1. The molecule has 0 aliphatic heterocycles. The van der Waals surface area contributed by atoms with Crippen LogP contribution in [0.2, 0.25) is 0 Å². The van der Waals surface area contributed by atoms with Gasteiger partial charge in [-0.05, 0) is 13.0 Å². The maximum Gasteiger partial charge on any atom is 0.163 e. The molecular weight excluding hydrogens is 212 g/mol. The zero-order valence-electron chi connectivity index (χ0n) is 9.44. The molecule has 0 fully saturated rings. The van der Waals surface area contributed by atoms with Crippen LogP contribution in [0.25, 0.3) is 22.4 Å². The summed E-state index contributed by atoms with van der Waals surface area (Å²) in [7, 11) is 0. The van der Waals surface area contributed by atoms with Gasteiger partial charge in [0.2, 0.25) is 0 Å². The molecule has 17 heavy (non-hydrogen) atoms. The van der Waals surface area contributed by atoms with Gasteiger partial charge >= 0.3 is 0 Å². The van der Waals surface area contributed by atoms with Crippen LogP contribution in [0.3, 0.4) is 0 Å². The lowest BCUT2D eigenvalue weighted by Crippen LogP contribution is -1.96. The van der Waals surface area contributed by atoms with E-state index >= 15 is 0 Å². The van der Waals surface area contributed by atoms with E-state index in [0.29, 0.717) is 11.6 Å². The van der Waals surface area contributed by atoms with Crippen molar-refractivity contribution in [3.05, 3.63) is 42.1 Å². The summed E-state index contributed by atoms with van der Waals surface area (Å²) in [4.78, 5) is 11.8. The Kier molecular flexibility index (Phi) is 2.08. The van der Waals surface area contributed by atoms with Crippen molar-refractivity contribution in [2.45, 2.75) is 6.92 Å². The number of aryl methyl sites for hydroxylation is 1. The number of hydrogen-bond acceptors (Lipinski definition) is 3. The summed E-state index contributed by atoms with van der Waals surface area (Å²) in [5.41, 5.74) is 8.85. The second-order valence-corrected chi connectivity index (χ2v) is 4.04. The Balaban J connectivity index is 2.20. The van der Waals surface area contributed by atoms with Crippen LogP contribution in [0.5, 0.6) is 0 Å². The highest BCUT2D eigenvalue weighted by Crippen LogP contribution is 2.22. The van der Waals surface area contributed by atoms with Crippen molar-refractivity contribution in [3.63, 3.8) is 0 Å². The number of nitrogen functional groups attached to an aromatic ring is 1.